The van der Waals surface area contributed by atoms with Crippen LogP contribution >= 0.6 is 23.2 Å². The summed E-state index contributed by atoms with van der Waals surface area (Å²) in [5.41, 5.74) is 0.591. The van der Waals surface area contributed by atoms with E-state index in [0.29, 0.717) is 21.7 Å². The Kier molecular flexibility index (Phi) is 2.89. The van der Waals surface area contributed by atoms with Crippen molar-refractivity contribution >= 4 is 34.8 Å². The highest BCUT2D eigenvalue weighted by Gasteiger charge is 2.39. The van der Waals surface area contributed by atoms with Crippen molar-refractivity contribution in [3.63, 3.8) is 0 Å². The van der Waals surface area contributed by atoms with E-state index in [1.54, 1.807) is 18.2 Å². The van der Waals surface area contributed by atoms with Gasteiger partial charge in [-0.05, 0) is 24.5 Å². The standard InChI is InChI=1S/C11H11Cl2NO/c1-6-5-7(6)11(15)14-9-4-2-3-8(12)10(9)13/h2-4,6-7H,5H2,1H3,(H,14,15). The van der Waals surface area contributed by atoms with Crippen molar-refractivity contribution in [2.24, 2.45) is 11.8 Å². The first-order valence-corrected chi connectivity index (χ1v) is 5.60. The van der Waals surface area contributed by atoms with E-state index in [1.165, 1.54) is 0 Å². The fourth-order valence-corrected chi connectivity index (χ4v) is 1.86. The Balaban J connectivity index is 2.10. The monoisotopic (exact) mass is 243 g/mol. The average Bonchev–Trinajstić information content (AvgIpc) is 2.91. The van der Waals surface area contributed by atoms with Gasteiger partial charge in [0.1, 0.15) is 0 Å². The molecule has 80 valence electrons. The van der Waals surface area contributed by atoms with Crippen LogP contribution in [0.3, 0.4) is 0 Å². The van der Waals surface area contributed by atoms with E-state index < -0.39 is 0 Å². The van der Waals surface area contributed by atoms with Crippen LogP contribution in [0.15, 0.2) is 18.2 Å². The Bertz CT molecular complexity index is 406. The maximum absolute atomic E-state index is 11.6. The van der Waals surface area contributed by atoms with Gasteiger partial charge in [0.2, 0.25) is 5.91 Å². The summed E-state index contributed by atoms with van der Waals surface area (Å²) in [6.07, 6.45) is 0.962. The van der Waals surface area contributed by atoms with Crippen LogP contribution in [0.1, 0.15) is 13.3 Å². The van der Waals surface area contributed by atoms with Crippen LogP contribution in [-0.4, -0.2) is 5.91 Å². The highest BCUT2D eigenvalue weighted by Crippen LogP contribution is 2.39. The van der Waals surface area contributed by atoms with E-state index in [9.17, 15) is 4.79 Å². The molecule has 0 aromatic heterocycles. The minimum absolute atomic E-state index is 0.0340. The molecule has 15 heavy (non-hydrogen) atoms. The second-order valence-corrected chi connectivity index (χ2v) is 4.70. The third kappa shape index (κ3) is 2.27. The van der Waals surface area contributed by atoms with Crippen molar-refractivity contribution < 1.29 is 4.79 Å². The number of carbonyl (C=O) groups is 1. The zero-order chi connectivity index (χ0) is 11.0. The third-order valence-electron chi connectivity index (χ3n) is 2.66. The molecule has 0 heterocycles. The normalized spacial score (nSPS) is 23.7. The highest BCUT2D eigenvalue weighted by atomic mass is 35.5. The smallest absolute Gasteiger partial charge is 0.227 e. The molecule has 1 aromatic rings. The zero-order valence-electron chi connectivity index (χ0n) is 8.26. The quantitative estimate of drug-likeness (QED) is 0.846. The number of benzene rings is 1. The average molecular weight is 244 g/mol. The van der Waals surface area contributed by atoms with E-state index in [4.69, 9.17) is 23.2 Å². The predicted molar refractivity (Wildman–Crippen MR) is 62.4 cm³/mol. The van der Waals surface area contributed by atoms with Crippen LogP contribution < -0.4 is 5.32 Å². The first-order valence-electron chi connectivity index (χ1n) is 4.84. The van der Waals surface area contributed by atoms with Gasteiger partial charge in [-0.2, -0.15) is 0 Å². The number of hydrogen-bond acceptors (Lipinski definition) is 1. The number of amides is 1. The van der Waals surface area contributed by atoms with Crippen LogP contribution in [0, 0.1) is 11.8 Å². The lowest BCUT2D eigenvalue weighted by atomic mass is 10.3. The molecule has 1 aliphatic carbocycles. The van der Waals surface area contributed by atoms with E-state index in [1.807, 2.05) is 0 Å². The summed E-state index contributed by atoms with van der Waals surface area (Å²) in [6, 6.07) is 5.21. The number of rotatable bonds is 2. The van der Waals surface area contributed by atoms with Gasteiger partial charge in [-0.3, -0.25) is 4.79 Å². The van der Waals surface area contributed by atoms with E-state index in [-0.39, 0.29) is 11.8 Å². The van der Waals surface area contributed by atoms with Crippen molar-refractivity contribution in [1.29, 1.82) is 0 Å². The lowest BCUT2D eigenvalue weighted by molar-refractivity contribution is -0.117. The zero-order valence-corrected chi connectivity index (χ0v) is 9.77. The molecule has 1 aromatic carbocycles. The molecule has 1 aliphatic rings. The SMILES string of the molecule is CC1CC1C(=O)Nc1cccc(Cl)c1Cl. The first kappa shape index (κ1) is 10.8. The Hall–Kier alpha value is -0.730. The summed E-state index contributed by atoms with van der Waals surface area (Å²) in [5, 5.41) is 3.65. The van der Waals surface area contributed by atoms with Crippen LogP contribution in [0.4, 0.5) is 5.69 Å². The number of hydrogen-bond donors (Lipinski definition) is 1. The summed E-state index contributed by atoms with van der Waals surface area (Å²) < 4.78 is 0. The van der Waals surface area contributed by atoms with Crippen molar-refractivity contribution in [3.05, 3.63) is 28.2 Å². The highest BCUT2D eigenvalue weighted by molar-refractivity contribution is 6.44. The minimum atomic E-state index is 0.0340. The Labute approximate surface area is 98.6 Å². The lowest BCUT2D eigenvalue weighted by Gasteiger charge is -2.07. The Morgan fingerprint density at radius 1 is 1.47 bits per heavy atom. The van der Waals surface area contributed by atoms with Crippen LogP contribution in [0.5, 0.6) is 0 Å². The van der Waals surface area contributed by atoms with Crippen LogP contribution in [0.2, 0.25) is 10.0 Å². The molecule has 2 atom stereocenters. The lowest BCUT2D eigenvalue weighted by Crippen LogP contribution is -2.14. The fraction of sp³-hybridized carbons (Fsp3) is 0.364. The van der Waals surface area contributed by atoms with Crippen molar-refractivity contribution in [3.8, 4) is 0 Å². The molecule has 0 radical (unpaired) electrons. The van der Waals surface area contributed by atoms with E-state index in [0.717, 1.165) is 6.42 Å². The van der Waals surface area contributed by atoms with Gasteiger partial charge in [0.15, 0.2) is 0 Å². The van der Waals surface area contributed by atoms with Crippen molar-refractivity contribution in [2.75, 3.05) is 5.32 Å². The van der Waals surface area contributed by atoms with Gasteiger partial charge in [0.05, 0.1) is 15.7 Å². The second kappa shape index (κ2) is 4.03. The molecule has 0 spiro atoms. The first-order chi connectivity index (χ1) is 7.09. The van der Waals surface area contributed by atoms with Crippen LogP contribution in [-0.2, 0) is 4.79 Å². The number of halogens is 2. The van der Waals surface area contributed by atoms with E-state index in [2.05, 4.69) is 12.2 Å². The maximum Gasteiger partial charge on any atom is 0.227 e. The summed E-state index contributed by atoms with van der Waals surface area (Å²) in [4.78, 5) is 11.6. The van der Waals surface area contributed by atoms with Gasteiger partial charge >= 0.3 is 0 Å². The molecule has 1 fully saturated rings. The van der Waals surface area contributed by atoms with Crippen molar-refractivity contribution in [1.82, 2.24) is 0 Å². The Morgan fingerprint density at radius 2 is 2.13 bits per heavy atom. The molecule has 2 nitrogen and oxygen atoms in total. The summed E-state index contributed by atoms with van der Waals surface area (Å²) in [5.74, 6) is 0.662. The number of carbonyl (C=O) groups excluding carboxylic acids is 1. The number of nitrogens with one attached hydrogen (secondary N) is 1. The molecule has 1 N–H and O–H groups in total. The van der Waals surface area contributed by atoms with Crippen molar-refractivity contribution in [2.45, 2.75) is 13.3 Å². The molecule has 1 saturated carbocycles. The maximum atomic E-state index is 11.6. The molecular formula is C11H11Cl2NO. The van der Waals surface area contributed by atoms with Gasteiger partial charge in [-0.1, -0.05) is 36.2 Å². The summed E-state index contributed by atoms with van der Waals surface area (Å²) in [6.45, 7) is 2.06. The second-order valence-electron chi connectivity index (χ2n) is 3.91. The van der Waals surface area contributed by atoms with Gasteiger partial charge in [0.25, 0.3) is 0 Å². The molecule has 0 bridgehead atoms. The molecular weight excluding hydrogens is 233 g/mol. The van der Waals surface area contributed by atoms with Crippen LogP contribution in [0.25, 0.3) is 0 Å². The molecule has 4 heteroatoms. The van der Waals surface area contributed by atoms with Gasteiger partial charge in [-0.25, -0.2) is 0 Å². The summed E-state index contributed by atoms with van der Waals surface area (Å²) >= 11 is 11.8. The topological polar surface area (TPSA) is 29.1 Å². The Morgan fingerprint density at radius 3 is 2.73 bits per heavy atom. The van der Waals surface area contributed by atoms with Gasteiger partial charge < -0.3 is 5.32 Å². The molecule has 0 aliphatic heterocycles. The molecule has 2 rings (SSSR count). The third-order valence-corrected chi connectivity index (χ3v) is 3.47. The largest absolute Gasteiger partial charge is 0.324 e. The molecule has 2 unspecified atom stereocenters. The fourth-order valence-electron chi connectivity index (χ4n) is 1.51. The molecule has 1 amide bonds. The van der Waals surface area contributed by atoms with E-state index >= 15 is 0 Å². The minimum Gasteiger partial charge on any atom is -0.324 e. The summed E-state index contributed by atoms with van der Waals surface area (Å²) in [7, 11) is 0. The molecule has 0 saturated heterocycles. The number of anilines is 1. The predicted octanol–water partition coefficient (Wildman–Crippen LogP) is 3.59. The van der Waals surface area contributed by atoms with Gasteiger partial charge in [-0.15, -0.1) is 0 Å². The van der Waals surface area contributed by atoms with Gasteiger partial charge in [0, 0.05) is 5.92 Å².